The Morgan fingerprint density at radius 3 is 1.24 bits per heavy atom. The van der Waals surface area contributed by atoms with E-state index < -0.39 is 0 Å². The van der Waals surface area contributed by atoms with Gasteiger partial charge in [-0.1, -0.05) is 170 Å². The average molecular weight is 733 g/mol. The van der Waals surface area contributed by atoms with Crippen molar-refractivity contribution in [2.75, 3.05) is 0 Å². The average Bonchev–Trinajstić information content (AvgIpc) is 3.30. The highest BCUT2D eigenvalue weighted by Crippen LogP contribution is 2.45. The maximum atomic E-state index is 8.07. The second kappa shape index (κ2) is 12.6. The van der Waals surface area contributed by atoms with Gasteiger partial charge in [0.25, 0.3) is 0 Å². The van der Waals surface area contributed by atoms with E-state index in [1.807, 2.05) is 18.2 Å². The van der Waals surface area contributed by atoms with Gasteiger partial charge in [-0.15, -0.1) is 0 Å². The van der Waals surface area contributed by atoms with E-state index >= 15 is 0 Å². The third-order valence-electron chi connectivity index (χ3n) is 12.2. The fraction of sp³-hybridized carbons (Fsp3) is 0. The van der Waals surface area contributed by atoms with Gasteiger partial charge in [0.2, 0.25) is 0 Å². The third-order valence-corrected chi connectivity index (χ3v) is 12.2. The first-order chi connectivity index (χ1) is 28.7. The second-order valence-electron chi connectivity index (χ2n) is 15.3. The van der Waals surface area contributed by atoms with Gasteiger partial charge in [0.1, 0.15) is 0 Å². The monoisotopic (exact) mass is 732 g/mol. The SMILES string of the molecule is [C-]#[N+]c1ccccc1-c1cc2c(-c3ccc4c5ccccc5c5ccccc5c4c3)cc(-c3ccc4c5ccccc5c5ccccc5c4c3)nc2c2ccccc12. The second-order valence-corrected chi connectivity index (χ2v) is 15.3. The van der Waals surface area contributed by atoms with E-state index in [9.17, 15) is 0 Å². The molecule has 0 spiro atoms. The Kier molecular flexibility index (Phi) is 7.03. The number of pyridine rings is 1. The summed E-state index contributed by atoms with van der Waals surface area (Å²) in [6.45, 7) is 8.07. The molecular weight excluding hydrogens is 701 g/mol. The van der Waals surface area contributed by atoms with E-state index in [1.165, 1.54) is 64.6 Å². The Balaban J connectivity index is 1.20. The molecule has 12 rings (SSSR count). The lowest BCUT2D eigenvalue weighted by molar-refractivity contribution is 1.41. The molecule has 1 aromatic heterocycles. The van der Waals surface area contributed by atoms with Gasteiger partial charge in [0.05, 0.1) is 17.8 Å². The minimum atomic E-state index is 0.637. The molecule has 12 aromatic rings. The zero-order valence-corrected chi connectivity index (χ0v) is 31.4. The summed E-state index contributed by atoms with van der Waals surface area (Å²) in [5, 5.41) is 18.1. The van der Waals surface area contributed by atoms with Crippen molar-refractivity contribution in [1.29, 1.82) is 0 Å². The fourth-order valence-electron chi connectivity index (χ4n) is 9.60. The van der Waals surface area contributed by atoms with Crippen LogP contribution in [0.2, 0.25) is 0 Å². The number of fused-ring (bicyclic) bond motifs is 15. The summed E-state index contributed by atoms with van der Waals surface area (Å²) in [5.74, 6) is 0. The summed E-state index contributed by atoms with van der Waals surface area (Å²) in [7, 11) is 0. The van der Waals surface area contributed by atoms with Gasteiger partial charge in [-0.25, -0.2) is 9.83 Å². The molecule has 0 radical (unpaired) electrons. The molecule has 0 aliphatic rings. The summed E-state index contributed by atoms with van der Waals surface area (Å²) in [6, 6.07) is 69.8. The molecule has 58 heavy (non-hydrogen) atoms. The summed E-state index contributed by atoms with van der Waals surface area (Å²) >= 11 is 0. The molecule has 0 amide bonds. The molecule has 266 valence electrons. The van der Waals surface area contributed by atoms with Crippen molar-refractivity contribution in [1.82, 2.24) is 4.98 Å². The first kappa shape index (κ1) is 32.4. The molecule has 0 aliphatic heterocycles. The van der Waals surface area contributed by atoms with Gasteiger partial charge < -0.3 is 0 Å². The van der Waals surface area contributed by atoms with E-state index in [4.69, 9.17) is 11.6 Å². The van der Waals surface area contributed by atoms with Crippen molar-refractivity contribution in [3.8, 4) is 33.5 Å². The Labute approximate surface area is 334 Å². The Hall–Kier alpha value is -7.86. The predicted molar refractivity (Wildman–Crippen MR) is 247 cm³/mol. The van der Waals surface area contributed by atoms with Crippen molar-refractivity contribution in [2.45, 2.75) is 0 Å². The number of benzene rings is 11. The number of hydrogen-bond donors (Lipinski definition) is 0. The molecule has 0 unspecified atom stereocenters. The summed E-state index contributed by atoms with van der Waals surface area (Å²) in [5.41, 5.74) is 7.76. The zero-order chi connectivity index (χ0) is 38.3. The van der Waals surface area contributed by atoms with Crippen LogP contribution in [-0.4, -0.2) is 4.98 Å². The number of para-hydroxylation sites is 1. The molecule has 0 atom stereocenters. The molecule has 0 fully saturated rings. The molecule has 11 aromatic carbocycles. The third kappa shape index (κ3) is 4.75. The van der Waals surface area contributed by atoms with Gasteiger partial charge in [-0.05, 0) is 117 Å². The first-order valence-electron chi connectivity index (χ1n) is 19.7. The lowest BCUT2D eigenvalue weighted by atomic mass is 9.88. The van der Waals surface area contributed by atoms with Crippen LogP contribution in [0.5, 0.6) is 0 Å². The van der Waals surface area contributed by atoms with E-state index in [2.05, 4.69) is 181 Å². The van der Waals surface area contributed by atoms with Crippen molar-refractivity contribution in [3.63, 3.8) is 0 Å². The molecule has 0 saturated heterocycles. The maximum absolute atomic E-state index is 8.07. The van der Waals surface area contributed by atoms with Crippen LogP contribution in [-0.2, 0) is 0 Å². The van der Waals surface area contributed by atoms with E-state index in [-0.39, 0.29) is 0 Å². The Bertz CT molecular complexity index is 3690. The highest BCUT2D eigenvalue weighted by Gasteiger charge is 2.19. The number of hydrogen-bond acceptors (Lipinski definition) is 1. The van der Waals surface area contributed by atoms with Crippen molar-refractivity contribution < 1.29 is 0 Å². The normalized spacial score (nSPS) is 11.8. The number of nitrogens with zero attached hydrogens (tertiary/aromatic N) is 2. The van der Waals surface area contributed by atoms with Crippen LogP contribution < -0.4 is 0 Å². The lowest BCUT2D eigenvalue weighted by Crippen LogP contribution is -1.94. The topological polar surface area (TPSA) is 17.2 Å². The van der Waals surface area contributed by atoms with E-state index in [0.29, 0.717) is 5.69 Å². The van der Waals surface area contributed by atoms with Crippen LogP contribution >= 0.6 is 0 Å². The number of aromatic nitrogens is 1. The Morgan fingerprint density at radius 2 is 0.707 bits per heavy atom. The van der Waals surface area contributed by atoms with E-state index in [1.54, 1.807) is 0 Å². The largest absolute Gasteiger partial charge is 0.247 e. The smallest absolute Gasteiger partial charge is 0.194 e. The number of rotatable bonds is 3. The van der Waals surface area contributed by atoms with Gasteiger partial charge in [-0.3, -0.25) is 0 Å². The van der Waals surface area contributed by atoms with Crippen molar-refractivity contribution in [2.24, 2.45) is 0 Å². The molecular formula is C56H32N2. The molecule has 2 nitrogen and oxygen atoms in total. The first-order valence-corrected chi connectivity index (χ1v) is 19.7. The minimum Gasteiger partial charge on any atom is -0.247 e. The molecule has 0 bridgehead atoms. The summed E-state index contributed by atoms with van der Waals surface area (Å²) < 4.78 is 0. The fourth-order valence-corrected chi connectivity index (χ4v) is 9.60. The minimum absolute atomic E-state index is 0.637. The van der Waals surface area contributed by atoms with Crippen LogP contribution in [0.1, 0.15) is 0 Å². The highest BCUT2D eigenvalue weighted by atomic mass is 14.7. The van der Waals surface area contributed by atoms with Crippen LogP contribution in [0, 0.1) is 6.57 Å². The summed E-state index contributed by atoms with van der Waals surface area (Å²) in [4.78, 5) is 9.53. The van der Waals surface area contributed by atoms with Crippen molar-refractivity contribution >= 4 is 92.0 Å². The van der Waals surface area contributed by atoms with E-state index in [0.717, 1.165) is 55.2 Å². The van der Waals surface area contributed by atoms with Crippen LogP contribution in [0.4, 0.5) is 5.69 Å². The van der Waals surface area contributed by atoms with Crippen LogP contribution in [0.15, 0.2) is 194 Å². The molecule has 2 heteroatoms. The summed E-state index contributed by atoms with van der Waals surface area (Å²) in [6.07, 6.45) is 0. The van der Waals surface area contributed by atoms with Gasteiger partial charge in [0.15, 0.2) is 5.69 Å². The standard InChI is InChI=1S/C56H32N2/c1-57-54-25-13-12-23-47(54)52-32-53-49(34-26-28-45-40-18-4-2-14-36(40)38-16-6-8-20-42(38)50(45)30-34)33-55(58-56(53)48-24-11-10-22-44(48)52)35-27-29-46-41-19-5-3-15-37(41)39-17-7-9-21-43(39)51(46)31-35/h2-33H. The molecule has 0 N–H and O–H groups in total. The van der Waals surface area contributed by atoms with Crippen molar-refractivity contribution in [3.05, 3.63) is 206 Å². The van der Waals surface area contributed by atoms with Crippen LogP contribution in [0.3, 0.4) is 0 Å². The molecule has 0 aliphatic carbocycles. The quantitative estimate of drug-likeness (QED) is 0.131. The highest BCUT2D eigenvalue weighted by molar-refractivity contribution is 6.27. The predicted octanol–water partition coefficient (Wildman–Crippen LogP) is 15.9. The molecule has 0 saturated carbocycles. The Morgan fingerprint density at radius 1 is 0.293 bits per heavy atom. The van der Waals surface area contributed by atoms with Gasteiger partial charge in [0, 0.05) is 16.3 Å². The lowest BCUT2D eigenvalue weighted by Gasteiger charge is -2.18. The zero-order valence-electron chi connectivity index (χ0n) is 31.4. The van der Waals surface area contributed by atoms with Gasteiger partial charge in [-0.2, -0.15) is 0 Å². The van der Waals surface area contributed by atoms with Crippen LogP contribution in [0.25, 0.3) is 125 Å². The van der Waals surface area contributed by atoms with Gasteiger partial charge >= 0.3 is 0 Å². The maximum Gasteiger partial charge on any atom is 0.194 e. The molecule has 1 heterocycles.